The van der Waals surface area contributed by atoms with Crippen molar-refractivity contribution in [2.45, 2.75) is 58.5 Å². The number of aliphatic hydroxyl groups is 2. The number of carbonyl (C=O) groups is 4. The van der Waals surface area contributed by atoms with Gasteiger partial charge in [0.15, 0.2) is 17.3 Å². The summed E-state index contributed by atoms with van der Waals surface area (Å²) in [5.74, 6) is -6.57. The van der Waals surface area contributed by atoms with Gasteiger partial charge in [0, 0.05) is 31.9 Å². The number of likely N-dealkylation sites (N-methyl/N-ethyl adjacent to an activating group) is 1. The molecule has 12 heteroatoms. The van der Waals surface area contributed by atoms with Crippen LogP contribution in [0.1, 0.15) is 56.0 Å². The fourth-order valence-electron chi connectivity index (χ4n) is 7.95. The predicted molar refractivity (Wildman–Crippen MR) is 169 cm³/mol. The quantitative estimate of drug-likeness (QED) is 0.234. The van der Waals surface area contributed by atoms with E-state index >= 15 is 0 Å². The summed E-state index contributed by atoms with van der Waals surface area (Å²) in [5.41, 5.74) is 6.13. The van der Waals surface area contributed by atoms with Gasteiger partial charge in [0.25, 0.3) is 5.91 Å². The Kier molecular flexibility index (Phi) is 8.28. The van der Waals surface area contributed by atoms with Gasteiger partial charge in [-0.15, -0.1) is 0 Å². The third-order valence-electron chi connectivity index (χ3n) is 9.63. The lowest BCUT2D eigenvalue weighted by atomic mass is 9.61. The second-order valence-corrected chi connectivity index (χ2v) is 14.5. The molecular weight excluding hydrogens is 578 g/mol. The Hall–Kier alpha value is -3.90. The zero-order valence-electron chi connectivity index (χ0n) is 27.1. The molecule has 0 saturated carbocycles. The first-order valence-corrected chi connectivity index (χ1v) is 15.5. The van der Waals surface area contributed by atoms with Gasteiger partial charge < -0.3 is 31.3 Å². The van der Waals surface area contributed by atoms with Crippen LogP contribution in [0, 0.1) is 23.2 Å². The Morgan fingerprint density at radius 1 is 1.09 bits per heavy atom. The minimum absolute atomic E-state index is 0.00422. The maximum absolute atomic E-state index is 14.2. The normalized spacial score (nSPS) is 27.0. The molecule has 45 heavy (non-hydrogen) atoms. The number of benzene rings is 1. The van der Waals surface area contributed by atoms with Crippen LogP contribution in [0.4, 0.5) is 11.4 Å². The Bertz CT molecular complexity index is 1540. The number of ketones is 2. The number of fused-ring (bicyclic) bond motifs is 3. The van der Waals surface area contributed by atoms with E-state index in [-0.39, 0.29) is 47.0 Å². The molecule has 3 aliphatic carbocycles. The molecule has 4 aliphatic rings. The van der Waals surface area contributed by atoms with Crippen LogP contribution >= 0.6 is 0 Å². The SMILES string of the molecule is CN(C)c1cc(NC(=O)[C@@H]2CCCN2CC(C)(C)C)c(O)c2c1C[C@H]1C[C@@H]3C(C(=O)C(C(N)=O)=C(O)[C@H]3N(C)C)C(O)=C1C2=O. The number of carbonyl (C=O) groups excluding carboxylic acids is 4. The maximum Gasteiger partial charge on any atom is 0.255 e. The highest BCUT2D eigenvalue weighted by molar-refractivity contribution is 6.22. The summed E-state index contributed by atoms with van der Waals surface area (Å²) >= 11 is 0. The number of phenolic OH excluding ortho intramolecular Hbond substituents is 1. The van der Waals surface area contributed by atoms with Gasteiger partial charge in [0.2, 0.25) is 5.91 Å². The van der Waals surface area contributed by atoms with Crippen LogP contribution in [-0.4, -0.2) is 102 Å². The Labute approximate surface area is 263 Å². The largest absolute Gasteiger partial charge is 0.511 e. The Balaban J connectivity index is 1.57. The molecule has 2 amide bonds. The Morgan fingerprint density at radius 3 is 2.33 bits per heavy atom. The zero-order valence-corrected chi connectivity index (χ0v) is 27.1. The van der Waals surface area contributed by atoms with Crippen molar-refractivity contribution < 1.29 is 34.5 Å². The first-order valence-electron chi connectivity index (χ1n) is 15.5. The number of anilines is 2. The van der Waals surface area contributed by atoms with Crippen molar-refractivity contribution in [2.75, 3.05) is 51.5 Å². The smallest absolute Gasteiger partial charge is 0.255 e. The molecule has 6 N–H and O–H groups in total. The third kappa shape index (κ3) is 5.48. The summed E-state index contributed by atoms with van der Waals surface area (Å²) in [5, 5.41) is 37.0. The van der Waals surface area contributed by atoms with E-state index in [4.69, 9.17) is 5.73 Å². The molecule has 1 fully saturated rings. The number of phenols is 1. The van der Waals surface area contributed by atoms with Crippen molar-refractivity contribution in [3.05, 3.63) is 39.9 Å². The van der Waals surface area contributed by atoms with Gasteiger partial charge >= 0.3 is 0 Å². The number of likely N-dealkylation sites (tertiary alicyclic amines) is 1. The standard InChI is InChI=1S/C33H45N5O7/c1-33(2,3)14-38-10-8-9-19(38)32(45)35-18-13-20(36(4)5)16-11-15-12-17-23(28(41)21(15)27(40)22(16)26(18)39)29(42)24(31(34)44)30(43)25(17)37(6)7/h13,15,17,19,23,25,39,41,43H,8-12,14H2,1-7H3,(H2,34,44)(H,35,45)/t15-,17+,19-,23?,25-/m0/s1. The van der Waals surface area contributed by atoms with Crippen molar-refractivity contribution in [3.8, 4) is 5.75 Å². The molecule has 244 valence electrons. The molecule has 1 aromatic rings. The zero-order chi connectivity index (χ0) is 33.3. The van der Waals surface area contributed by atoms with Crippen molar-refractivity contribution in [3.63, 3.8) is 0 Å². The van der Waals surface area contributed by atoms with E-state index in [0.29, 0.717) is 17.7 Å². The van der Waals surface area contributed by atoms with Gasteiger partial charge in [0.1, 0.15) is 17.1 Å². The third-order valence-corrected chi connectivity index (χ3v) is 9.63. The van der Waals surface area contributed by atoms with Crippen LogP contribution in [0.15, 0.2) is 28.7 Å². The monoisotopic (exact) mass is 623 g/mol. The van der Waals surface area contributed by atoms with E-state index in [9.17, 15) is 34.5 Å². The van der Waals surface area contributed by atoms with Crippen molar-refractivity contribution in [1.29, 1.82) is 0 Å². The lowest BCUT2D eigenvalue weighted by Gasteiger charge is -2.46. The summed E-state index contributed by atoms with van der Waals surface area (Å²) in [6.45, 7) is 7.87. The number of allylic oxidation sites excluding steroid dienone is 2. The van der Waals surface area contributed by atoms with Gasteiger partial charge in [-0.1, -0.05) is 20.8 Å². The van der Waals surface area contributed by atoms with Gasteiger partial charge in [-0.25, -0.2) is 0 Å². The maximum atomic E-state index is 14.2. The van der Waals surface area contributed by atoms with E-state index in [1.807, 2.05) is 4.90 Å². The van der Waals surface area contributed by atoms with Crippen LogP contribution in [0.3, 0.4) is 0 Å². The minimum atomic E-state index is -1.26. The minimum Gasteiger partial charge on any atom is -0.511 e. The average Bonchev–Trinajstić information content (AvgIpc) is 3.35. The molecule has 5 atom stereocenters. The van der Waals surface area contributed by atoms with Gasteiger partial charge in [-0.3, -0.25) is 29.0 Å². The molecule has 12 nitrogen and oxygen atoms in total. The van der Waals surface area contributed by atoms with Crippen LogP contribution in [0.5, 0.6) is 5.75 Å². The molecule has 1 heterocycles. The highest BCUT2D eigenvalue weighted by Gasteiger charge is 2.54. The molecule has 0 aromatic heterocycles. The van der Waals surface area contributed by atoms with Crippen molar-refractivity contribution in [1.82, 2.24) is 9.80 Å². The highest BCUT2D eigenvalue weighted by Crippen LogP contribution is 2.52. The van der Waals surface area contributed by atoms with Crippen molar-refractivity contribution in [2.24, 2.45) is 28.9 Å². The molecule has 0 radical (unpaired) electrons. The van der Waals surface area contributed by atoms with E-state index in [1.54, 1.807) is 39.2 Å². The number of hydrogen-bond acceptors (Lipinski definition) is 10. The molecule has 1 saturated heterocycles. The molecule has 5 rings (SSSR count). The van der Waals surface area contributed by atoms with Crippen molar-refractivity contribution >= 4 is 34.8 Å². The fraction of sp³-hybridized carbons (Fsp3) is 0.576. The molecule has 1 aliphatic heterocycles. The predicted octanol–water partition coefficient (Wildman–Crippen LogP) is 2.52. The van der Waals surface area contributed by atoms with Gasteiger partial charge in [0.05, 0.1) is 29.3 Å². The molecule has 1 unspecified atom stereocenters. The number of nitrogens with one attached hydrogen (secondary N) is 1. The highest BCUT2D eigenvalue weighted by atomic mass is 16.3. The number of amides is 2. The number of Topliss-reactive ketones (excluding diaryl/α,β-unsaturated/α-hetero) is 2. The van der Waals surface area contributed by atoms with E-state index in [1.165, 1.54) is 0 Å². The number of nitrogens with two attached hydrogens (primary N) is 1. The summed E-state index contributed by atoms with van der Waals surface area (Å²) in [6, 6.07) is 0.502. The second-order valence-electron chi connectivity index (χ2n) is 14.5. The van der Waals surface area contributed by atoms with E-state index in [0.717, 1.165) is 19.5 Å². The summed E-state index contributed by atoms with van der Waals surface area (Å²) < 4.78 is 0. The van der Waals surface area contributed by atoms with Crippen LogP contribution in [0.2, 0.25) is 0 Å². The first kappa shape index (κ1) is 32.5. The number of aromatic hydroxyl groups is 1. The molecular formula is C33H45N5O7. The number of hydrogen-bond donors (Lipinski definition) is 5. The summed E-state index contributed by atoms with van der Waals surface area (Å²) in [6.07, 6.45) is 2.08. The first-order chi connectivity index (χ1) is 20.9. The lowest BCUT2D eigenvalue weighted by molar-refractivity contribution is -0.127. The second kappa shape index (κ2) is 11.5. The number of primary amides is 1. The molecule has 0 bridgehead atoms. The number of rotatable bonds is 6. The number of nitrogens with zero attached hydrogens (tertiary/aromatic N) is 3. The van der Waals surface area contributed by atoms with E-state index < -0.39 is 64.1 Å². The van der Waals surface area contributed by atoms with Crippen LogP contribution in [0.25, 0.3) is 0 Å². The Morgan fingerprint density at radius 2 is 1.76 bits per heavy atom. The van der Waals surface area contributed by atoms with Gasteiger partial charge in [-0.2, -0.15) is 0 Å². The van der Waals surface area contributed by atoms with Gasteiger partial charge in [-0.05, 0) is 75.2 Å². The van der Waals surface area contributed by atoms with Crippen LogP contribution in [-0.2, 0) is 20.8 Å². The van der Waals surface area contributed by atoms with E-state index in [2.05, 4.69) is 31.0 Å². The molecule has 0 spiro atoms. The number of aliphatic hydroxyl groups excluding tert-OH is 2. The summed E-state index contributed by atoms with van der Waals surface area (Å²) in [7, 11) is 6.99. The lowest BCUT2D eigenvalue weighted by Crippen LogP contribution is -2.53. The fourth-order valence-corrected chi connectivity index (χ4v) is 7.95. The van der Waals surface area contributed by atoms with Crippen LogP contribution < -0.4 is 16.0 Å². The summed E-state index contributed by atoms with van der Waals surface area (Å²) in [4.78, 5) is 59.1. The average molecular weight is 624 g/mol. The topological polar surface area (TPSA) is 177 Å². The molecule has 1 aromatic carbocycles.